The fourth-order valence-electron chi connectivity index (χ4n) is 3.61. The molecule has 1 aromatic heterocycles. The molecule has 0 saturated carbocycles. The van der Waals surface area contributed by atoms with E-state index in [2.05, 4.69) is 4.72 Å². The standard InChI is InChI=1S/C22H27N3O4S/c1-24(2)14-20-21(17-7-5-4-6-8-17)19-13-16(15-26)9-10-18(19)22(27)25(20)12-11-23-30(3,28)29/h4-10,13,23,26H,11-12,14-15H2,1-3H3. The summed E-state index contributed by atoms with van der Waals surface area (Å²) in [6.45, 7) is 0.715. The molecule has 3 aromatic rings. The minimum atomic E-state index is -3.36. The minimum absolute atomic E-state index is 0.117. The van der Waals surface area contributed by atoms with E-state index >= 15 is 0 Å². The largest absolute Gasteiger partial charge is 0.392 e. The summed E-state index contributed by atoms with van der Waals surface area (Å²) in [6.07, 6.45) is 1.10. The molecule has 160 valence electrons. The second kappa shape index (κ2) is 9.09. The molecular weight excluding hydrogens is 402 g/mol. The van der Waals surface area contributed by atoms with Gasteiger partial charge in [0.1, 0.15) is 0 Å². The molecule has 1 heterocycles. The first-order chi connectivity index (χ1) is 14.2. The highest BCUT2D eigenvalue weighted by Crippen LogP contribution is 2.32. The Morgan fingerprint density at radius 2 is 1.77 bits per heavy atom. The number of nitrogens with one attached hydrogen (secondary N) is 1. The number of aliphatic hydroxyl groups excluding tert-OH is 1. The van der Waals surface area contributed by atoms with E-state index < -0.39 is 10.0 Å². The van der Waals surface area contributed by atoms with Crippen molar-refractivity contribution in [1.29, 1.82) is 0 Å². The molecule has 30 heavy (non-hydrogen) atoms. The first-order valence-electron chi connectivity index (χ1n) is 9.65. The van der Waals surface area contributed by atoms with Crippen molar-refractivity contribution in [1.82, 2.24) is 14.2 Å². The Labute approximate surface area is 176 Å². The summed E-state index contributed by atoms with van der Waals surface area (Å²) in [5, 5.41) is 10.9. The summed E-state index contributed by atoms with van der Waals surface area (Å²) >= 11 is 0. The lowest BCUT2D eigenvalue weighted by atomic mass is 9.95. The SMILES string of the molecule is CN(C)Cc1c(-c2ccccc2)c2cc(CO)ccc2c(=O)n1CCNS(C)(=O)=O. The first kappa shape index (κ1) is 22.2. The highest BCUT2D eigenvalue weighted by Gasteiger charge is 2.19. The van der Waals surface area contributed by atoms with Gasteiger partial charge in [0.25, 0.3) is 5.56 Å². The van der Waals surface area contributed by atoms with Crippen LogP contribution in [-0.4, -0.2) is 49.9 Å². The molecule has 3 rings (SSSR count). The fourth-order valence-corrected chi connectivity index (χ4v) is 4.07. The van der Waals surface area contributed by atoms with Gasteiger partial charge in [-0.25, -0.2) is 13.1 Å². The van der Waals surface area contributed by atoms with Gasteiger partial charge >= 0.3 is 0 Å². The van der Waals surface area contributed by atoms with Gasteiger partial charge in [-0.2, -0.15) is 0 Å². The zero-order valence-corrected chi connectivity index (χ0v) is 18.2. The molecule has 2 N–H and O–H groups in total. The predicted molar refractivity (Wildman–Crippen MR) is 120 cm³/mol. The van der Waals surface area contributed by atoms with Gasteiger partial charge in [0, 0.05) is 36.3 Å². The summed E-state index contributed by atoms with van der Waals surface area (Å²) in [7, 11) is 0.486. The maximum Gasteiger partial charge on any atom is 0.258 e. The van der Waals surface area contributed by atoms with Gasteiger partial charge in [-0.05, 0) is 42.7 Å². The molecule has 0 fully saturated rings. The number of sulfonamides is 1. The lowest BCUT2D eigenvalue weighted by molar-refractivity contribution is 0.282. The molecule has 7 nitrogen and oxygen atoms in total. The number of hydrogen-bond acceptors (Lipinski definition) is 5. The van der Waals surface area contributed by atoms with Crippen molar-refractivity contribution in [2.24, 2.45) is 0 Å². The average Bonchev–Trinajstić information content (AvgIpc) is 2.69. The van der Waals surface area contributed by atoms with E-state index in [1.54, 1.807) is 16.7 Å². The molecule has 0 spiro atoms. The lowest BCUT2D eigenvalue weighted by Crippen LogP contribution is -2.33. The number of aromatic nitrogens is 1. The zero-order chi connectivity index (χ0) is 21.9. The second-order valence-electron chi connectivity index (χ2n) is 7.59. The van der Waals surface area contributed by atoms with E-state index in [-0.39, 0.29) is 25.3 Å². The Balaban J connectivity index is 2.33. The van der Waals surface area contributed by atoms with Crippen molar-refractivity contribution in [3.8, 4) is 11.1 Å². The van der Waals surface area contributed by atoms with Crippen LogP contribution in [0.1, 0.15) is 11.3 Å². The fraction of sp³-hybridized carbons (Fsp3) is 0.318. The van der Waals surface area contributed by atoms with Crippen LogP contribution in [-0.2, 0) is 29.7 Å². The lowest BCUT2D eigenvalue weighted by Gasteiger charge is -2.23. The van der Waals surface area contributed by atoms with Crippen molar-refractivity contribution in [3.05, 3.63) is 70.1 Å². The predicted octanol–water partition coefficient (Wildman–Crippen LogP) is 1.77. The Kier molecular flexibility index (Phi) is 6.72. The van der Waals surface area contributed by atoms with Crippen LogP contribution in [0.25, 0.3) is 21.9 Å². The molecule has 2 aromatic carbocycles. The van der Waals surface area contributed by atoms with Gasteiger partial charge in [0.2, 0.25) is 10.0 Å². The molecule has 0 aliphatic carbocycles. The third-order valence-electron chi connectivity index (χ3n) is 4.85. The van der Waals surface area contributed by atoms with Crippen LogP contribution in [0.3, 0.4) is 0 Å². The van der Waals surface area contributed by atoms with E-state index in [1.807, 2.05) is 55.4 Å². The van der Waals surface area contributed by atoms with Crippen molar-refractivity contribution < 1.29 is 13.5 Å². The van der Waals surface area contributed by atoms with Gasteiger partial charge in [0.05, 0.1) is 12.9 Å². The summed E-state index contributed by atoms with van der Waals surface area (Å²) in [5.74, 6) is 0. The average molecular weight is 430 g/mol. The van der Waals surface area contributed by atoms with Crippen LogP contribution in [0.4, 0.5) is 0 Å². The van der Waals surface area contributed by atoms with Crippen LogP contribution in [0.2, 0.25) is 0 Å². The van der Waals surface area contributed by atoms with Gasteiger partial charge in [0.15, 0.2) is 0 Å². The number of aliphatic hydroxyl groups is 1. The number of benzene rings is 2. The highest BCUT2D eigenvalue weighted by molar-refractivity contribution is 7.88. The molecule has 0 aliphatic rings. The molecule has 0 amide bonds. The van der Waals surface area contributed by atoms with Gasteiger partial charge in [-0.3, -0.25) is 4.79 Å². The summed E-state index contributed by atoms with van der Waals surface area (Å²) in [4.78, 5) is 15.3. The topological polar surface area (TPSA) is 91.6 Å². The Bertz CT molecular complexity index is 1200. The smallest absolute Gasteiger partial charge is 0.258 e. The van der Waals surface area contributed by atoms with E-state index in [0.29, 0.717) is 11.9 Å². The quantitative estimate of drug-likeness (QED) is 0.570. The molecule has 0 radical (unpaired) electrons. The first-order valence-corrected chi connectivity index (χ1v) is 11.5. The van der Waals surface area contributed by atoms with E-state index in [9.17, 15) is 18.3 Å². The highest BCUT2D eigenvalue weighted by atomic mass is 32.2. The van der Waals surface area contributed by atoms with Crippen LogP contribution in [0.15, 0.2) is 53.3 Å². The van der Waals surface area contributed by atoms with Crippen LogP contribution in [0.5, 0.6) is 0 Å². The van der Waals surface area contributed by atoms with Gasteiger partial charge < -0.3 is 14.6 Å². The maximum atomic E-state index is 13.4. The molecular formula is C22H27N3O4S. The van der Waals surface area contributed by atoms with Crippen molar-refractivity contribution in [2.75, 3.05) is 26.9 Å². The number of pyridine rings is 1. The summed E-state index contributed by atoms with van der Waals surface area (Å²) in [5.41, 5.74) is 3.22. The van der Waals surface area contributed by atoms with Crippen molar-refractivity contribution >= 4 is 20.8 Å². The van der Waals surface area contributed by atoms with Crippen molar-refractivity contribution in [3.63, 3.8) is 0 Å². The maximum absolute atomic E-state index is 13.4. The van der Waals surface area contributed by atoms with Crippen LogP contribution < -0.4 is 10.3 Å². The van der Waals surface area contributed by atoms with Gasteiger partial charge in [-0.1, -0.05) is 36.4 Å². The Morgan fingerprint density at radius 3 is 2.37 bits per heavy atom. The second-order valence-corrected chi connectivity index (χ2v) is 9.42. The summed E-state index contributed by atoms with van der Waals surface area (Å²) in [6, 6.07) is 15.1. The van der Waals surface area contributed by atoms with Crippen LogP contribution >= 0.6 is 0 Å². The third kappa shape index (κ3) is 4.96. The summed E-state index contributed by atoms with van der Waals surface area (Å²) < 4.78 is 27.1. The van der Waals surface area contributed by atoms with Crippen molar-refractivity contribution in [2.45, 2.75) is 19.7 Å². The molecule has 0 aliphatic heterocycles. The number of hydrogen-bond donors (Lipinski definition) is 2. The number of fused-ring (bicyclic) bond motifs is 1. The normalized spacial score (nSPS) is 12.0. The Hall–Kier alpha value is -2.52. The Morgan fingerprint density at radius 1 is 1.07 bits per heavy atom. The molecule has 8 heteroatoms. The van der Waals surface area contributed by atoms with E-state index in [0.717, 1.165) is 34.0 Å². The minimum Gasteiger partial charge on any atom is -0.392 e. The molecule has 0 unspecified atom stereocenters. The number of nitrogens with zero attached hydrogens (tertiary/aromatic N) is 2. The molecule has 0 atom stereocenters. The molecule has 0 saturated heterocycles. The van der Waals surface area contributed by atoms with E-state index in [1.165, 1.54) is 0 Å². The van der Waals surface area contributed by atoms with Gasteiger partial charge in [-0.15, -0.1) is 0 Å². The van der Waals surface area contributed by atoms with E-state index in [4.69, 9.17) is 0 Å². The molecule has 0 bridgehead atoms. The monoisotopic (exact) mass is 429 g/mol. The third-order valence-corrected chi connectivity index (χ3v) is 5.58. The number of rotatable bonds is 8. The zero-order valence-electron chi connectivity index (χ0n) is 17.4. The van der Waals surface area contributed by atoms with Crippen LogP contribution in [0, 0.1) is 0 Å².